The molecule has 6 heteroatoms. The van der Waals surface area contributed by atoms with Gasteiger partial charge in [-0.3, -0.25) is 0 Å². The molecule has 1 N–H and O–H groups in total. The van der Waals surface area contributed by atoms with Crippen molar-refractivity contribution in [3.05, 3.63) is 85.0 Å². The average Bonchev–Trinajstić information content (AvgIpc) is 2.65. The van der Waals surface area contributed by atoms with Crippen LogP contribution in [0, 0.1) is 0 Å². The van der Waals surface area contributed by atoms with Crippen LogP contribution in [0.2, 0.25) is 0 Å². The van der Waals surface area contributed by atoms with E-state index in [1.54, 1.807) is 13.8 Å². The molecule has 0 heterocycles. The second kappa shape index (κ2) is 15.8. The van der Waals surface area contributed by atoms with E-state index in [2.05, 4.69) is 31.1 Å². The monoisotopic (exact) mass is 388 g/mol. The zero-order chi connectivity index (χ0) is 22.1. The van der Waals surface area contributed by atoms with Gasteiger partial charge in [0.2, 0.25) is 0 Å². The minimum atomic E-state index is -0.935. The minimum absolute atomic E-state index is 0.176. The molecule has 0 spiro atoms. The van der Waals surface area contributed by atoms with E-state index in [4.69, 9.17) is 9.84 Å². The van der Waals surface area contributed by atoms with E-state index in [0.717, 1.165) is 5.56 Å². The van der Waals surface area contributed by atoms with Crippen LogP contribution in [0.1, 0.15) is 26.3 Å². The van der Waals surface area contributed by atoms with Gasteiger partial charge in [-0.2, -0.15) is 0 Å². The van der Waals surface area contributed by atoms with E-state index in [1.807, 2.05) is 30.3 Å². The van der Waals surface area contributed by atoms with Crippen molar-refractivity contribution in [2.75, 3.05) is 6.61 Å². The summed E-state index contributed by atoms with van der Waals surface area (Å²) in [5, 5.41) is 7.89. The molecule has 0 atom stereocenters. The van der Waals surface area contributed by atoms with Crippen molar-refractivity contribution in [1.82, 2.24) is 0 Å². The van der Waals surface area contributed by atoms with Gasteiger partial charge in [-0.05, 0) is 26.3 Å². The third kappa shape index (κ3) is 16.1. The van der Waals surface area contributed by atoms with Crippen LogP contribution < -0.4 is 0 Å². The largest absolute Gasteiger partial charge is 0.478 e. The van der Waals surface area contributed by atoms with Crippen LogP contribution >= 0.6 is 0 Å². The molecule has 0 radical (unpaired) electrons. The Balaban J connectivity index is 0. The van der Waals surface area contributed by atoms with E-state index >= 15 is 0 Å². The van der Waals surface area contributed by atoms with Crippen molar-refractivity contribution in [3.8, 4) is 0 Å². The lowest BCUT2D eigenvalue weighted by Crippen LogP contribution is -2.04. The third-order valence-corrected chi connectivity index (χ3v) is 2.61. The number of hydrogen-bond donors (Lipinski definition) is 1. The molecule has 0 aliphatic carbocycles. The predicted octanol–water partition coefficient (Wildman–Crippen LogP) is 4.24. The van der Waals surface area contributed by atoms with Gasteiger partial charge < -0.3 is 14.6 Å². The molecule has 0 aromatic heterocycles. The normalized spacial score (nSPS) is 8.54. The van der Waals surface area contributed by atoms with Crippen molar-refractivity contribution in [1.29, 1.82) is 0 Å². The number of carboxylic acids is 1. The molecule has 28 heavy (non-hydrogen) atoms. The Bertz CT molecular complexity index is 689. The second-order valence-electron chi connectivity index (χ2n) is 5.60. The highest BCUT2D eigenvalue weighted by Gasteiger charge is 2.02. The van der Waals surface area contributed by atoms with Crippen LogP contribution in [0.15, 0.2) is 79.4 Å². The first-order valence-corrected chi connectivity index (χ1v) is 8.21. The van der Waals surface area contributed by atoms with Crippen LogP contribution in [-0.2, 0) is 30.5 Å². The number of aliphatic carboxylic acids is 1. The molecule has 0 fully saturated rings. The Hall–Kier alpha value is -3.41. The molecule has 0 saturated carbocycles. The number of rotatable bonds is 7. The molecular weight excluding hydrogens is 360 g/mol. The van der Waals surface area contributed by atoms with Gasteiger partial charge in [0.25, 0.3) is 0 Å². The molecule has 0 saturated heterocycles. The highest BCUT2D eigenvalue weighted by molar-refractivity contribution is 5.87. The van der Waals surface area contributed by atoms with Crippen molar-refractivity contribution in [2.45, 2.75) is 27.4 Å². The summed E-state index contributed by atoms with van der Waals surface area (Å²) in [6, 6.07) is 9.55. The van der Waals surface area contributed by atoms with Crippen LogP contribution in [0.3, 0.4) is 0 Å². The fraction of sp³-hybridized carbons (Fsp3) is 0.227. The molecule has 0 unspecified atom stereocenters. The average molecular weight is 388 g/mol. The van der Waals surface area contributed by atoms with Gasteiger partial charge in [0, 0.05) is 16.7 Å². The zero-order valence-corrected chi connectivity index (χ0v) is 16.7. The number of carbonyl (C=O) groups excluding carboxylic acids is 2. The Morgan fingerprint density at radius 2 is 1.32 bits per heavy atom. The lowest BCUT2D eigenvalue weighted by molar-refractivity contribution is -0.140. The van der Waals surface area contributed by atoms with E-state index in [-0.39, 0.29) is 24.1 Å². The SMILES string of the molecule is C=C(C)C(=O)O.C=C(C)C(=O)OCc1ccccc1.C=CCOC(=O)C(=C)C. The molecule has 0 bridgehead atoms. The van der Waals surface area contributed by atoms with Crippen LogP contribution in [0.4, 0.5) is 0 Å². The van der Waals surface area contributed by atoms with Gasteiger partial charge in [0.15, 0.2) is 0 Å². The van der Waals surface area contributed by atoms with Gasteiger partial charge in [0.05, 0.1) is 0 Å². The van der Waals surface area contributed by atoms with E-state index < -0.39 is 5.97 Å². The van der Waals surface area contributed by atoms with E-state index in [0.29, 0.717) is 17.8 Å². The van der Waals surface area contributed by atoms with E-state index in [1.165, 1.54) is 13.0 Å². The Kier molecular flexibility index (Phi) is 15.1. The van der Waals surface area contributed by atoms with Crippen LogP contribution in [0.25, 0.3) is 0 Å². The second-order valence-corrected chi connectivity index (χ2v) is 5.60. The Labute approximate surface area is 166 Å². The topological polar surface area (TPSA) is 89.9 Å². The summed E-state index contributed by atoms with van der Waals surface area (Å²) >= 11 is 0. The van der Waals surface area contributed by atoms with Crippen molar-refractivity contribution < 1.29 is 29.0 Å². The quantitative estimate of drug-likeness (QED) is 0.427. The fourth-order valence-corrected chi connectivity index (χ4v) is 1.10. The third-order valence-electron chi connectivity index (χ3n) is 2.61. The predicted molar refractivity (Wildman–Crippen MR) is 109 cm³/mol. The molecule has 1 aromatic carbocycles. The van der Waals surface area contributed by atoms with Crippen molar-refractivity contribution in [2.24, 2.45) is 0 Å². The summed E-state index contributed by atoms with van der Waals surface area (Å²) in [5.41, 5.74) is 2.00. The fourth-order valence-electron chi connectivity index (χ4n) is 1.10. The van der Waals surface area contributed by atoms with Gasteiger partial charge >= 0.3 is 17.9 Å². The number of carboxylic acid groups (broad SMARTS) is 1. The highest BCUT2D eigenvalue weighted by atomic mass is 16.5. The standard InChI is InChI=1S/C11H12O2.C7H10O2.C4H6O2/c1-9(2)11(12)13-8-10-6-4-3-5-7-10;1-4-5-9-7(8)6(2)3;1-3(2)4(5)6/h3-7H,1,8H2,2H3;4H,1-2,5H2,3H3;1H2,2H3,(H,5,6). The summed E-state index contributed by atoms with van der Waals surface area (Å²) < 4.78 is 9.55. The first kappa shape index (κ1) is 26.8. The lowest BCUT2D eigenvalue weighted by Gasteiger charge is -2.03. The summed E-state index contributed by atoms with van der Waals surface area (Å²) in [6.07, 6.45) is 1.51. The number of carbonyl (C=O) groups is 3. The van der Waals surface area contributed by atoms with Gasteiger partial charge in [0.1, 0.15) is 13.2 Å². The number of benzene rings is 1. The summed E-state index contributed by atoms with van der Waals surface area (Å²) in [6.45, 7) is 18.7. The van der Waals surface area contributed by atoms with Gasteiger partial charge in [-0.15, -0.1) is 0 Å². The minimum Gasteiger partial charge on any atom is -0.478 e. The molecule has 0 amide bonds. The van der Waals surface area contributed by atoms with Gasteiger partial charge in [-0.25, -0.2) is 14.4 Å². The summed E-state index contributed by atoms with van der Waals surface area (Å²) in [5.74, 6) is -1.64. The number of ether oxygens (including phenoxy) is 2. The number of esters is 2. The van der Waals surface area contributed by atoms with E-state index in [9.17, 15) is 14.4 Å². The molecule has 6 nitrogen and oxygen atoms in total. The molecule has 152 valence electrons. The lowest BCUT2D eigenvalue weighted by atomic mass is 10.2. The van der Waals surface area contributed by atoms with Crippen molar-refractivity contribution >= 4 is 17.9 Å². The van der Waals surface area contributed by atoms with Gasteiger partial charge in [-0.1, -0.05) is 62.7 Å². The first-order chi connectivity index (χ1) is 13.0. The summed E-state index contributed by atoms with van der Waals surface area (Å²) in [7, 11) is 0. The molecule has 0 aliphatic rings. The number of hydrogen-bond acceptors (Lipinski definition) is 5. The Morgan fingerprint density at radius 3 is 1.68 bits per heavy atom. The maximum atomic E-state index is 11.0. The molecule has 0 aliphatic heterocycles. The highest BCUT2D eigenvalue weighted by Crippen LogP contribution is 2.02. The van der Waals surface area contributed by atoms with Crippen LogP contribution in [-0.4, -0.2) is 29.6 Å². The van der Waals surface area contributed by atoms with Crippen LogP contribution in [0.5, 0.6) is 0 Å². The molecule has 1 rings (SSSR count). The zero-order valence-electron chi connectivity index (χ0n) is 16.7. The Morgan fingerprint density at radius 1 is 0.893 bits per heavy atom. The maximum Gasteiger partial charge on any atom is 0.333 e. The van der Waals surface area contributed by atoms with Crippen molar-refractivity contribution in [3.63, 3.8) is 0 Å². The molecular formula is C22H28O6. The summed E-state index contributed by atoms with van der Waals surface area (Å²) in [4.78, 5) is 31.1. The first-order valence-electron chi connectivity index (χ1n) is 8.21. The maximum absolute atomic E-state index is 11.0. The smallest absolute Gasteiger partial charge is 0.333 e. The molecule has 1 aromatic rings.